The highest BCUT2D eigenvalue weighted by Gasteiger charge is 2.12. The van der Waals surface area contributed by atoms with E-state index in [2.05, 4.69) is 43.2 Å². The van der Waals surface area contributed by atoms with Gasteiger partial charge in [-0.15, -0.1) is 11.8 Å². The number of nitrogens with two attached hydrogens (primary N) is 1. The number of benzene rings is 1. The van der Waals surface area contributed by atoms with Crippen LogP contribution in [0.1, 0.15) is 19.5 Å². The summed E-state index contributed by atoms with van der Waals surface area (Å²) in [6.45, 7) is 6.38. The fourth-order valence-electron chi connectivity index (χ4n) is 2.01. The average molecular weight is 261 g/mol. The number of hydrogen-bond donors (Lipinski definition) is 1. The van der Waals surface area contributed by atoms with Gasteiger partial charge in [0.05, 0.1) is 5.69 Å². The van der Waals surface area contributed by atoms with Crippen molar-refractivity contribution in [2.24, 2.45) is 7.05 Å². The Labute approximate surface area is 112 Å². The Morgan fingerprint density at radius 1 is 1.22 bits per heavy atom. The molecular formula is C14H19N3S. The van der Waals surface area contributed by atoms with Crippen molar-refractivity contribution < 1.29 is 0 Å². The predicted octanol–water partition coefficient (Wildman–Crippen LogP) is 3.48. The molecule has 1 aromatic heterocycles. The second kappa shape index (κ2) is 5.06. The molecule has 18 heavy (non-hydrogen) atoms. The Morgan fingerprint density at radius 3 is 2.28 bits per heavy atom. The molecular weight excluding hydrogens is 242 g/mol. The molecule has 0 saturated heterocycles. The standard InChI is InChI=1S/C14H19N3S/c1-9(2)18-12-7-5-11(6-8-12)13-10(3)16-17(4)14(13)15/h5-9H,15H2,1-4H3. The summed E-state index contributed by atoms with van der Waals surface area (Å²) in [6.07, 6.45) is 0. The number of hydrogen-bond acceptors (Lipinski definition) is 3. The van der Waals surface area contributed by atoms with Gasteiger partial charge in [-0.1, -0.05) is 26.0 Å². The summed E-state index contributed by atoms with van der Waals surface area (Å²) < 4.78 is 1.72. The highest BCUT2D eigenvalue weighted by molar-refractivity contribution is 7.99. The molecule has 2 aromatic rings. The van der Waals surface area contributed by atoms with Crippen molar-refractivity contribution in [3.8, 4) is 11.1 Å². The minimum absolute atomic E-state index is 0.598. The van der Waals surface area contributed by atoms with Crippen molar-refractivity contribution in [2.45, 2.75) is 30.9 Å². The first-order chi connectivity index (χ1) is 8.49. The number of thioether (sulfide) groups is 1. The van der Waals surface area contributed by atoms with Crippen molar-refractivity contribution in [3.63, 3.8) is 0 Å². The lowest BCUT2D eigenvalue weighted by Crippen LogP contribution is -1.98. The zero-order valence-corrected chi connectivity index (χ0v) is 12.1. The van der Waals surface area contributed by atoms with Crippen LogP contribution in [0, 0.1) is 6.92 Å². The van der Waals surface area contributed by atoms with E-state index in [-0.39, 0.29) is 0 Å². The summed E-state index contributed by atoms with van der Waals surface area (Å²) >= 11 is 1.86. The van der Waals surface area contributed by atoms with Gasteiger partial charge < -0.3 is 5.73 Å². The molecule has 0 radical (unpaired) electrons. The predicted molar refractivity (Wildman–Crippen MR) is 78.8 cm³/mol. The molecule has 0 spiro atoms. The lowest BCUT2D eigenvalue weighted by atomic mass is 10.1. The Hall–Kier alpha value is -1.42. The van der Waals surface area contributed by atoms with E-state index in [1.165, 1.54) is 4.90 Å². The van der Waals surface area contributed by atoms with E-state index in [1.54, 1.807) is 4.68 Å². The van der Waals surface area contributed by atoms with Crippen molar-refractivity contribution >= 4 is 17.6 Å². The van der Waals surface area contributed by atoms with Gasteiger partial charge in [0.25, 0.3) is 0 Å². The molecule has 0 aliphatic heterocycles. The molecule has 0 aliphatic rings. The number of anilines is 1. The van der Waals surface area contributed by atoms with E-state index < -0.39 is 0 Å². The fourth-order valence-corrected chi connectivity index (χ4v) is 2.84. The van der Waals surface area contributed by atoms with Crippen LogP contribution in [0.2, 0.25) is 0 Å². The smallest absolute Gasteiger partial charge is 0.129 e. The van der Waals surface area contributed by atoms with Crippen LogP contribution in [0.25, 0.3) is 11.1 Å². The minimum Gasteiger partial charge on any atom is -0.383 e. The first kappa shape index (κ1) is 13.0. The number of nitrogen functional groups attached to an aromatic ring is 1. The third kappa shape index (κ3) is 2.53. The van der Waals surface area contributed by atoms with Crippen LogP contribution in [0.5, 0.6) is 0 Å². The Kier molecular flexibility index (Phi) is 3.66. The minimum atomic E-state index is 0.598. The average Bonchev–Trinajstić information content (AvgIpc) is 2.54. The summed E-state index contributed by atoms with van der Waals surface area (Å²) in [5.74, 6) is 0.719. The lowest BCUT2D eigenvalue weighted by molar-refractivity contribution is 0.767. The van der Waals surface area contributed by atoms with E-state index in [4.69, 9.17) is 5.73 Å². The molecule has 3 nitrogen and oxygen atoms in total. The molecule has 2 N–H and O–H groups in total. The van der Waals surface area contributed by atoms with Gasteiger partial charge in [-0.3, -0.25) is 4.68 Å². The fraction of sp³-hybridized carbons (Fsp3) is 0.357. The first-order valence-electron chi connectivity index (χ1n) is 6.05. The van der Waals surface area contributed by atoms with Crippen LogP contribution in [0.4, 0.5) is 5.82 Å². The molecule has 0 aliphatic carbocycles. The van der Waals surface area contributed by atoms with Gasteiger partial charge in [0, 0.05) is 22.8 Å². The van der Waals surface area contributed by atoms with Crippen molar-refractivity contribution in [2.75, 3.05) is 5.73 Å². The first-order valence-corrected chi connectivity index (χ1v) is 6.93. The zero-order valence-electron chi connectivity index (χ0n) is 11.3. The summed E-state index contributed by atoms with van der Waals surface area (Å²) in [7, 11) is 1.87. The molecule has 0 unspecified atom stereocenters. The molecule has 0 saturated carbocycles. The maximum atomic E-state index is 6.05. The van der Waals surface area contributed by atoms with Crippen molar-refractivity contribution in [1.82, 2.24) is 9.78 Å². The van der Waals surface area contributed by atoms with Crippen LogP contribution >= 0.6 is 11.8 Å². The quantitative estimate of drug-likeness (QED) is 0.860. The number of rotatable bonds is 3. The molecule has 0 fully saturated rings. The van der Waals surface area contributed by atoms with E-state index in [9.17, 15) is 0 Å². The van der Waals surface area contributed by atoms with Gasteiger partial charge in [-0.05, 0) is 24.6 Å². The van der Waals surface area contributed by atoms with Gasteiger partial charge >= 0.3 is 0 Å². The van der Waals surface area contributed by atoms with Crippen molar-refractivity contribution in [3.05, 3.63) is 30.0 Å². The lowest BCUT2D eigenvalue weighted by Gasteiger charge is -2.06. The summed E-state index contributed by atoms with van der Waals surface area (Å²) in [6, 6.07) is 8.52. The summed E-state index contributed by atoms with van der Waals surface area (Å²) in [4.78, 5) is 1.29. The van der Waals surface area contributed by atoms with E-state index in [0.29, 0.717) is 5.25 Å². The number of nitrogens with zero attached hydrogens (tertiary/aromatic N) is 2. The van der Waals surface area contributed by atoms with E-state index in [0.717, 1.165) is 22.6 Å². The van der Waals surface area contributed by atoms with Gasteiger partial charge in [-0.25, -0.2) is 0 Å². The normalized spacial score (nSPS) is 11.2. The third-order valence-electron chi connectivity index (χ3n) is 2.78. The second-order valence-corrected chi connectivity index (χ2v) is 6.31. The summed E-state index contributed by atoms with van der Waals surface area (Å²) in [5, 5.41) is 4.94. The summed E-state index contributed by atoms with van der Waals surface area (Å²) in [5.41, 5.74) is 9.19. The van der Waals surface area contributed by atoms with Crippen LogP contribution in [-0.2, 0) is 7.05 Å². The van der Waals surface area contributed by atoms with Crippen LogP contribution < -0.4 is 5.73 Å². The molecule has 1 aromatic carbocycles. The number of aryl methyl sites for hydroxylation is 2. The molecule has 0 atom stereocenters. The topological polar surface area (TPSA) is 43.8 Å². The van der Waals surface area contributed by atoms with Crippen molar-refractivity contribution in [1.29, 1.82) is 0 Å². The van der Waals surface area contributed by atoms with E-state index in [1.807, 2.05) is 25.7 Å². The zero-order chi connectivity index (χ0) is 13.3. The maximum absolute atomic E-state index is 6.05. The van der Waals surface area contributed by atoms with Gasteiger partial charge in [0.1, 0.15) is 5.82 Å². The Morgan fingerprint density at radius 2 is 1.83 bits per heavy atom. The second-order valence-electron chi connectivity index (χ2n) is 4.66. The largest absolute Gasteiger partial charge is 0.383 e. The van der Waals surface area contributed by atoms with Gasteiger partial charge in [0.15, 0.2) is 0 Å². The van der Waals surface area contributed by atoms with Crippen LogP contribution in [0.15, 0.2) is 29.2 Å². The highest BCUT2D eigenvalue weighted by atomic mass is 32.2. The molecule has 96 valence electrons. The molecule has 4 heteroatoms. The van der Waals surface area contributed by atoms with Gasteiger partial charge in [-0.2, -0.15) is 5.10 Å². The SMILES string of the molecule is Cc1nn(C)c(N)c1-c1ccc(SC(C)C)cc1. The highest BCUT2D eigenvalue weighted by Crippen LogP contribution is 2.31. The van der Waals surface area contributed by atoms with Crippen LogP contribution in [0.3, 0.4) is 0 Å². The molecule has 0 bridgehead atoms. The molecule has 0 amide bonds. The van der Waals surface area contributed by atoms with Crippen LogP contribution in [-0.4, -0.2) is 15.0 Å². The molecule has 2 rings (SSSR count). The maximum Gasteiger partial charge on any atom is 0.129 e. The third-order valence-corrected chi connectivity index (χ3v) is 3.80. The Bertz CT molecular complexity index is 541. The monoisotopic (exact) mass is 261 g/mol. The molecule has 1 heterocycles. The van der Waals surface area contributed by atoms with Gasteiger partial charge in [0.2, 0.25) is 0 Å². The number of aromatic nitrogens is 2. The Balaban J connectivity index is 2.34. The van der Waals surface area contributed by atoms with E-state index >= 15 is 0 Å².